The van der Waals surface area contributed by atoms with Crippen LogP contribution in [0.1, 0.15) is 22.8 Å². The van der Waals surface area contributed by atoms with Crippen molar-refractivity contribution in [3.8, 4) is 17.5 Å². The van der Waals surface area contributed by atoms with Crippen molar-refractivity contribution in [2.24, 2.45) is 0 Å². The number of methoxy groups -OCH3 is 1. The second-order valence-corrected chi connectivity index (χ2v) is 7.19. The van der Waals surface area contributed by atoms with E-state index in [1.54, 1.807) is 13.2 Å². The van der Waals surface area contributed by atoms with E-state index in [2.05, 4.69) is 20.6 Å². The number of nitriles is 1. The molecular formula is C23H19ClN4O. The van der Waals surface area contributed by atoms with E-state index in [4.69, 9.17) is 16.3 Å². The molecular weight excluding hydrogens is 384 g/mol. The molecule has 0 saturated carbocycles. The smallest absolute Gasteiger partial charge is 0.149 e. The lowest BCUT2D eigenvalue weighted by Crippen LogP contribution is -2.02. The standard InChI is InChI=1S/C23H19ClN4O/c1-14-10-16(15(2)28(14)21-12-18(24)8-9-22(21)29-3)11-17(13-25)23-26-19-6-4-5-7-20(19)27-23/h4-12H,1-3H3,(H,26,27)/b17-11+. The Kier molecular flexibility index (Phi) is 4.87. The van der Waals surface area contributed by atoms with Gasteiger partial charge in [-0.05, 0) is 61.9 Å². The maximum Gasteiger partial charge on any atom is 0.149 e. The van der Waals surface area contributed by atoms with E-state index < -0.39 is 0 Å². The minimum atomic E-state index is 0.472. The number of halogens is 1. The van der Waals surface area contributed by atoms with Crippen LogP contribution in [0.2, 0.25) is 5.02 Å². The van der Waals surface area contributed by atoms with Gasteiger partial charge in [0.1, 0.15) is 17.6 Å². The van der Waals surface area contributed by atoms with Gasteiger partial charge in [-0.1, -0.05) is 23.7 Å². The normalized spacial score (nSPS) is 11.6. The van der Waals surface area contributed by atoms with Crippen molar-refractivity contribution in [1.29, 1.82) is 5.26 Å². The Bertz CT molecular complexity index is 1260. The lowest BCUT2D eigenvalue weighted by Gasteiger charge is -2.14. The van der Waals surface area contributed by atoms with Gasteiger partial charge in [0.25, 0.3) is 0 Å². The summed E-state index contributed by atoms with van der Waals surface area (Å²) in [6.07, 6.45) is 1.85. The van der Waals surface area contributed by atoms with Crippen LogP contribution >= 0.6 is 11.6 Å². The molecule has 0 fully saturated rings. The van der Waals surface area contributed by atoms with Gasteiger partial charge in [0.15, 0.2) is 0 Å². The molecule has 0 atom stereocenters. The molecule has 0 spiro atoms. The Labute approximate surface area is 173 Å². The third-order valence-corrected chi connectivity index (χ3v) is 5.15. The van der Waals surface area contributed by atoms with Crippen molar-refractivity contribution in [2.45, 2.75) is 13.8 Å². The molecule has 0 aliphatic rings. The van der Waals surface area contributed by atoms with Gasteiger partial charge in [0.05, 0.1) is 29.4 Å². The van der Waals surface area contributed by atoms with Crippen molar-refractivity contribution in [1.82, 2.24) is 14.5 Å². The molecule has 0 amide bonds. The first-order valence-corrected chi connectivity index (χ1v) is 9.49. The molecule has 29 heavy (non-hydrogen) atoms. The number of hydrogen-bond acceptors (Lipinski definition) is 3. The number of nitrogens with zero attached hydrogens (tertiary/aromatic N) is 3. The van der Waals surface area contributed by atoms with E-state index in [9.17, 15) is 5.26 Å². The van der Waals surface area contributed by atoms with E-state index in [-0.39, 0.29) is 0 Å². The van der Waals surface area contributed by atoms with Crippen LogP contribution in [0.4, 0.5) is 0 Å². The van der Waals surface area contributed by atoms with Gasteiger partial charge >= 0.3 is 0 Å². The van der Waals surface area contributed by atoms with Crippen LogP contribution < -0.4 is 4.74 Å². The molecule has 0 aliphatic heterocycles. The molecule has 4 rings (SSSR count). The Morgan fingerprint density at radius 1 is 1.21 bits per heavy atom. The monoisotopic (exact) mass is 402 g/mol. The number of rotatable bonds is 4. The van der Waals surface area contributed by atoms with Crippen LogP contribution in [-0.2, 0) is 0 Å². The highest BCUT2D eigenvalue weighted by Crippen LogP contribution is 2.32. The van der Waals surface area contributed by atoms with Gasteiger partial charge in [-0.15, -0.1) is 0 Å². The Hall–Kier alpha value is -3.49. The first-order valence-electron chi connectivity index (χ1n) is 9.11. The van der Waals surface area contributed by atoms with Gasteiger partial charge in [-0.3, -0.25) is 0 Å². The second-order valence-electron chi connectivity index (χ2n) is 6.75. The summed E-state index contributed by atoms with van der Waals surface area (Å²) in [4.78, 5) is 7.76. The highest BCUT2D eigenvalue weighted by Gasteiger charge is 2.15. The molecule has 1 N–H and O–H groups in total. The topological polar surface area (TPSA) is 66.6 Å². The predicted octanol–water partition coefficient (Wildman–Crippen LogP) is 5.70. The molecule has 6 heteroatoms. The summed E-state index contributed by atoms with van der Waals surface area (Å²) in [6.45, 7) is 4.02. The van der Waals surface area contributed by atoms with Crippen LogP contribution in [-0.4, -0.2) is 21.6 Å². The van der Waals surface area contributed by atoms with Gasteiger partial charge < -0.3 is 14.3 Å². The summed E-state index contributed by atoms with van der Waals surface area (Å²) in [5.74, 6) is 1.28. The average molecular weight is 403 g/mol. The number of nitrogens with one attached hydrogen (secondary N) is 1. The fraction of sp³-hybridized carbons (Fsp3) is 0.130. The molecule has 0 bridgehead atoms. The zero-order valence-electron chi connectivity index (χ0n) is 16.3. The average Bonchev–Trinajstić information content (AvgIpc) is 3.26. The summed E-state index contributed by atoms with van der Waals surface area (Å²) < 4.78 is 7.59. The minimum Gasteiger partial charge on any atom is -0.495 e. The zero-order chi connectivity index (χ0) is 20.5. The Balaban J connectivity index is 1.83. The highest BCUT2D eigenvalue weighted by atomic mass is 35.5. The summed E-state index contributed by atoms with van der Waals surface area (Å²) in [7, 11) is 1.64. The number of benzene rings is 2. The minimum absolute atomic E-state index is 0.472. The number of allylic oxidation sites excluding steroid dienone is 1. The summed E-state index contributed by atoms with van der Waals surface area (Å²) in [5.41, 5.74) is 5.98. The summed E-state index contributed by atoms with van der Waals surface area (Å²) in [6, 6.07) is 17.5. The van der Waals surface area contributed by atoms with E-state index in [0.29, 0.717) is 16.4 Å². The van der Waals surface area contributed by atoms with Crippen LogP contribution in [0.15, 0.2) is 48.5 Å². The molecule has 2 aromatic heterocycles. The second kappa shape index (κ2) is 7.50. The van der Waals surface area contributed by atoms with Crippen molar-refractivity contribution in [2.75, 3.05) is 7.11 Å². The molecule has 2 heterocycles. The van der Waals surface area contributed by atoms with E-state index in [1.165, 1.54) is 0 Å². The van der Waals surface area contributed by atoms with Crippen molar-refractivity contribution in [3.63, 3.8) is 0 Å². The number of fused-ring (bicyclic) bond motifs is 1. The molecule has 0 unspecified atom stereocenters. The van der Waals surface area contributed by atoms with Crippen LogP contribution in [0.25, 0.3) is 28.4 Å². The molecule has 144 valence electrons. The fourth-order valence-corrected chi connectivity index (χ4v) is 3.70. The third kappa shape index (κ3) is 3.39. The third-order valence-electron chi connectivity index (χ3n) is 4.92. The van der Waals surface area contributed by atoms with Crippen LogP contribution in [0, 0.1) is 25.2 Å². The van der Waals surface area contributed by atoms with Gasteiger partial charge in [-0.25, -0.2) is 4.98 Å². The lowest BCUT2D eigenvalue weighted by molar-refractivity contribution is 0.412. The van der Waals surface area contributed by atoms with E-state index in [1.807, 2.05) is 62.4 Å². The van der Waals surface area contributed by atoms with Crippen LogP contribution in [0.5, 0.6) is 5.75 Å². The molecule has 4 aromatic rings. The largest absolute Gasteiger partial charge is 0.495 e. The van der Waals surface area contributed by atoms with Gasteiger partial charge in [0, 0.05) is 16.4 Å². The highest BCUT2D eigenvalue weighted by molar-refractivity contribution is 6.30. The number of aromatic nitrogens is 3. The summed E-state index contributed by atoms with van der Waals surface area (Å²) in [5, 5.41) is 10.4. The fourth-order valence-electron chi connectivity index (χ4n) is 3.53. The lowest BCUT2D eigenvalue weighted by atomic mass is 10.1. The number of ether oxygens (including phenoxy) is 1. The van der Waals surface area contributed by atoms with Crippen LogP contribution in [0.3, 0.4) is 0 Å². The number of aromatic amines is 1. The zero-order valence-corrected chi connectivity index (χ0v) is 17.1. The number of para-hydroxylation sites is 2. The Morgan fingerprint density at radius 3 is 2.72 bits per heavy atom. The summed E-state index contributed by atoms with van der Waals surface area (Å²) >= 11 is 6.22. The molecule has 0 radical (unpaired) electrons. The maximum atomic E-state index is 9.75. The number of imidazole rings is 1. The first kappa shape index (κ1) is 18.9. The molecule has 2 aromatic carbocycles. The maximum absolute atomic E-state index is 9.75. The van der Waals surface area contributed by atoms with Crippen molar-refractivity contribution >= 4 is 34.3 Å². The van der Waals surface area contributed by atoms with E-state index in [0.717, 1.165) is 39.4 Å². The van der Waals surface area contributed by atoms with Gasteiger partial charge in [0.2, 0.25) is 0 Å². The Morgan fingerprint density at radius 2 is 2.00 bits per heavy atom. The van der Waals surface area contributed by atoms with Crippen molar-refractivity contribution in [3.05, 3.63) is 76.3 Å². The SMILES string of the molecule is COc1ccc(Cl)cc1-n1c(C)cc(/C=C(\C#N)c2nc3ccccc3[nH]2)c1C. The molecule has 5 nitrogen and oxygen atoms in total. The number of H-pyrrole nitrogens is 1. The quantitative estimate of drug-likeness (QED) is 0.445. The molecule has 0 aliphatic carbocycles. The first-order chi connectivity index (χ1) is 14.0. The van der Waals surface area contributed by atoms with Crippen molar-refractivity contribution < 1.29 is 4.74 Å². The number of hydrogen-bond donors (Lipinski definition) is 1. The van der Waals surface area contributed by atoms with Gasteiger partial charge in [-0.2, -0.15) is 5.26 Å². The predicted molar refractivity (Wildman–Crippen MR) is 116 cm³/mol. The number of aryl methyl sites for hydroxylation is 1. The van der Waals surface area contributed by atoms with E-state index >= 15 is 0 Å². The molecule has 0 saturated heterocycles.